The molecule has 1 fully saturated rings. The zero-order valence-electron chi connectivity index (χ0n) is 12.9. The van der Waals surface area contributed by atoms with Crippen LogP contribution < -0.4 is 4.72 Å². The second kappa shape index (κ2) is 4.98. The molecule has 1 aliphatic rings. The minimum absolute atomic E-state index is 0.00410. The first kappa shape index (κ1) is 15.8. The number of hydrogen-bond acceptors (Lipinski definition) is 4. The topological polar surface area (TPSA) is 81.1 Å². The summed E-state index contributed by atoms with van der Waals surface area (Å²) in [6.45, 7) is 7.88. The molecule has 1 saturated carbocycles. The van der Waals surface area contributed by atoms with Gasteiger partial charge in [-0.05, 0) is 25.2 Å². The quantitative estimate of drug-likeness (QED) is 0.854. The number of aromatic nitrogens is 2. The Morgan fingerprint density at radius 2 is 2.05 bits per heavy atom. The summed E-state index contributed by atoms with van der Waals surface area (Å²) < 4.78 is 27.8. The van der Waals surface area contributed by atoms with Gasteiger partial charge in [0.15, 0.2) is 0 Å². The normalized spacial score (nSPS) is 23.5. The maximum atomic E-state index is 12.3. The second-order valence-electron chi connectivity index (χ2n) is 6.39. The zero-order valence-corrected chi connectivity index (χ0v) is 13.7. The highest BCUT2D eigenvalue weighted by Gasteiger charge is 2.60. The van der Waals surface area contributed by atoms with Crippen molar-refractivity contribution in [3.8, 4) is 0 Å². The van der Waals surface area contributed by atoms with Crippen molar-refractivity contribution in [2.24, 2.45) is 24.3 Å². The Morgan fingerprint density at radius 1 is 1.43 bits per heavy atom. The van der Waals surface area contributed by atoms with E-state index in [-0.39, 0.29) is 22.1 Å². The molecule has 2 rings (SSSR count). The van der Waals surface area contributed by atoms with Gasteiger partial charge in [0, 0.05) is 13.2 Å². The fourth-order valence-corrected chi connectivity index (χ4v) is 3.63. The summed E-state index contributed by atoms with van der Waals surface area (Å²) in [6.07, 6.45) is 4.61. The summed E-state index contributed by atoms with van der Waals surface area (Å²) in [4.78, 5) is 12.3. The number of nitrogens with one attached hydrogen (secondary N) is 1. The summed E-state index contributed by atoms with van der Waals surface area (Å²) in [5, 5.41) is 3.81. The average molecular weight is 311 g/mol. The molecule has 0 spiro atoms. The molecule has 116 valence electrons. The van der Waals surface area contributed by atoms with Gasteiger partial charge in [-0.2, -0.15) is 5.10 Å². The molecule has 1 aromatic heterocycles. The summed E-state index contributed by atoms with van der Waals surface area (Å²) in [5.41, 5.74) is 0.907. The monoisotopic (exact) mass is 311 g/mol. The van der Waals surface area contributed by atoms with Gasteiger partial charge in [-0.3, -0.25) is 9.48 Å². The Kier molecular flexibility index (Phi) is 3.73. The molecule has 0 unspecified atom stereocenters. The highest BCUT2D eigenvalue weighted by atomic mass is 32.2. The van der Waals surface area contributed by atoms with Crippen LogP contribution in [0, 0.1) is 17.3 Å². The minimum atomic E-state index is -3.85. The van der Waals surface area contributed by atoms with E-state index in [0.29, 0.717) is 0 Å². The van der Waals surface area contributed by atoms with Gasteiger partial charge in [0.25, 0.3) is 10.0 Å². The lowest BCUT2D eigenvalue weighted by Crippen LogP contribution is -2.32. The van der Waals surface area contributed by atoms with Crippen molar-refractivity contribution in [2.75, 3.05) is 0 Å². The third kappa shape index (κ3) is 3.02. The number of rotatable bonds is 4. The molecule has 6 nitrogen and oxygen atoms in total. The number of nitrogens with zero attached hydrogens (tertiary/aromatic N) is 2. The molecule has 1 heterocycles. The van der Waals surface area contributed by atoms with E-state index >= 15 is 0 Å². The summed E-state index contributed by atoms with van der Waals surface area (Å²) >= 11 is 0. The molecule has 0 saturated heterocycles. The fraction of sp³-hybridized carbons (Fsp3) is 0.571. The van der Waals surface area contributed by atoms with Crippen LogP contribution in [-0.4, -0.2) is 24.1 Å². The fourth-order valence-electron chi connectivity index (χ4n) is 2.64. The van der Waals surface area contributed by atoms with E-state index in [2.05, 4.69) is 9.82 Å². The lowest BCUT2D eigenvalue weighted by molar-refractivity contribution is -0.121. The third-order valence-electron chi connectivity index (χ3n) is 3.93. The van der Waals surface area contributed by atoms with Crippen molar-refractivity contribution in [3.05, 3.63) is 24.0 Å². The molecule has 7 heteroatoms. The number of carbonyl (C=O) groups excluding carboxylic acids is 1. The van der Waals surface area contributed by atoms with Gasteiger partial charge in [0.2, 0.25) is 5.91 Å². The van der Waals surface area contributed by atoms with Crippen molar-refractivity contribution in [2.45, 2.75) is 32.6 Å². The molecule has 1 aliphatic carbocycles. The Hall–Kier alpha value is -1.63. The van der Waals surface area contributed by atoms with Gasteiger partial charge in [0.1, 0.15) is 4.90 Å². The predicted molar refractivity (Wildman–Crippen MR) is 78.7 cm³/mol. The SMILES string of the molecule is CC(C)=C[C@H]1[C@H](C(=O)NS(=O)(=O)c2cnn(C)c2)C1(C)C. The first-order valence-electron chi connectivity index (χ1n) is 6.76. The van der Waals surface area contributed by atoms with Gasteiger partial charge >= 0.3 is 0 Å². The van der Waals surface area contributed by atoms with Crippen molar-refractivity contribution >= 4 is 15.9 Å². The average Bonchev–Trinajstić information content (AvgIpc) is 2.69. The largest absolute Gasteiger partial charge is 0.274 e. The van der Waals surface area contributed by atoms with Crippen molar-refractivity contribution in [1.82, 2.24) is 14.5 Å². The van der Waals surface area contributed by atoms with Gasteiger partial charge in [-0.1, -0.05) is 25.5 Å². The van der Waals surface area contributed by atoms with E-state index in [0.717, 1.165) is 5.57 Å². The molecule has 0 radical (unpaired) electrons. The standard InChI is InChI=1S/C14H21N3O3S/c1-9(2)6-11-12(14(11,3)4)13(18)16-21(19,20)10-7-15-17(5)8-10/h6-8,11-12H,1-5H3,(H,16,18)/t11-,12+/m0/s1. The molecular formula is C14H21N3O3S. The van der Waals surface area contributed by atoms with E-state index in [1.54, 1.807) is 7.05 Å². The molecule has 0 bridgehead atoms. The smallest absolute Gasteiger partial charge is 0.267 e. The maximum Gasteiger partial charge on any atom is 0.267 e. The molecule has 0 aromatic carbocycles. The first-order chi connectivity index (χ1) is 9.55. The molecule has 1 N–H and O–H groups in total. The highest BCUT2D eigenvalue weighted by molar-refractivity contribution is 7.90. The number of carbonyl (C=O) groups is 1. The second-order valence-corrected chi connectivity index (χ2v) is 8.07. The van der Waals surface area contributed by atoms with Crippen LogP contribution in [0.5, 0.6) is 0 Å². The van der Waals surface area contributed by atoms with Crippen LogP contribution in [0.15, 0.2) is 28.9 Å². The van der Waals surface area contributed by atoms with Crippen LogP contribution >= 0.6 is 0 Å². The molecule has 21 heavy (non-hydrogen) atoms. The summed E-state index contributed by atoms with van der Waals surface area (Å²) in [5.74, 6) is -0.697. The van der Waals surface area contributed by atoms with E-state index in [1.165, 1.54) is 17.1 Å². The van der Waals surface area contributed by atoms with Gasteiger partial charge in [0.05, 0.1) is 12.1 Å². The molecule has 2 atom stereocenters. The van der Waals surface area contributed by atoms with Gasteiger partial charge in [-0.25, -0.2) is 13.1 Å². The lowest BCUT2D eigenvalue weighted by atomic mass is 10.1. The van der Waals surface area contributed by atoms with Crippen molar-refractivity contribution < 1.29 is 13.2 Å². The molecule has 0 aliphatic heterocycles. The Bertz CT molecular complexity index is 697. The third-order valence-corrected chi connectivity index (χ3v) is 5.23. The van der Waals surface area contributed by atoms with Crippen LogP contribution in [0.3, 0.4) is 0 Å². The van der Waals surface area contributed by atoms with Crippen LogP contribution in [0.25, 0.3) is 0 Å². The van der Waals surface area contributed by atoms with Crippen LogP contribution in [0.2, 0.25) is 0 Å². The first-order valence-corrected chi connectivity index (χ1v) is 8.24. The van der Waals surface area contributed by atoms with Crippen molar-refractivity contribution in [1.29, 1.82) is 0 Å². The van der Waals surface area contributed by atoms with E-state index < -0.39 is 15.9 Å². The maximum absolute atomic E-state index is 12.3. The highest BCUT2D eigenvalue weighted by Crippen LogP contribution is 2.59. The Morgan fingerprint density at radius 3 is 2.52 bits per heavy atom. The Labute approximate surface area is 125 Å². The van der Waals surface area contributed by atoms with E-state index in [1.807, 2.05) is 33.8 Å². The number of amides is 1. The number of allylic oxidation sites excluding steroid dienone is 2. The van der Waals surface area contributed by atoms with Crippen LogP contribution in [0.4, 0.5) is 0 Å². The van der Waals surface area contributed by atoms with Crippen LogP contribution in [-0.2, 0) is 21.9 Å². The number of hydrogen-bond donors (Lipinski definition) is 1. The Balaban J connectivity index is 2.14. The van der Waals surface area contributed by atoms with Gasteiger partial charge in [-0.15, -0.1) is 0 Å². The lowest BCUT2D eigenvalue weighted by Gasteiger charge is -2.05. The predicted octanol–water partition coefficient (Wildman–Crippen LogP) is 1.46. The van der Waals surface area contributed by atoms with Crippen molar-refractivity contribution in [3.63, 3.8) is 0 Å². The number of sulfonamides is 1. The zero-order chi connectivity index (χ0) is 16.0. The summed E-state index contributed by atoms with van der Waals surface area (Å²) in [6, 6.07) is 0. The number of aryl methyl sites for hydroxylation is 1. The van der Waals surface area contributed by atoms with E-state index in [9.17, 15) is 13.2 Å². The van der Waals surface area contributed by atoms with Crippen LogP contribution in [0.1, 0.15) is 27.7 Å². The minimum Gasteiger partial charge on any atom is -0.274 e. The molecular weight excluding hydrogens is 290 g/mol. The van der Waals surface area contributed by atoms with E-state index in [4.69, 9.17) is 0 Å². The van der Waals surface area contributed by atoms with Gasteiger partial charge < -0.3 is 0 Å². The molecule has 1 amide bonds. The summed E-state index contributed by atoms with van der Waals surface area (Å²) in [7, 11) is -2.23. The molecule has 1 aromatic rings.